The molecule has 0 spiro atoms. The maximum absolute atomic E-state index is 13.6. The maximum Gasteiger partial charge on any atom is 0.310 e. The van der Waals surface area contributed by atoms with Crippen molar-refractivity contribution in [1.29, 1.82) is 0 Å². The van der Waals surface area contributed by atoms with Crippen LogP contribution in [-0.4, -0.2) is 84.0 Å². The van der Waals surface area contributed by atoms with Crippen LogP contribution in [0, 0.1) is 0 Å². The molecule has 4 heterocycles. The zero-order valence-corrected chi connectivity index (χ0v) is 20.3. The number of benzene rings is 1. The van der Waals surface area contributed by atoms with E-state index in [9.17, 15) is 24.0 Å². The quantitative estimate of drug-likeness (QED) is 0.491. The van der Waals surface area contributed by atoms with E-state index >= 15 is 0 Å². The van der Waals surface area contributed by atoms with Crippen molar-refractivity contribution in [2.24, 2.45) is 0 Å². The van der Waals surface area contributed by atoms with Crippen LogP contribution in [0.1, 0.15) is 49.4 Å². The van der Waals surface area contributed by atoms with E-state index in [2.05, 4.69) is 10.6 Å². The molecular formula is C24H28N4O9. The predicted molar refractivity (Wildman–Crippen MR) is 123 cm³/mol. The Morgan fingerprint density at radius 3 is 2.73 bits per heavy atom. The third kappa shape index (κ3) is 4.90. The Bertz CT molecular complexity index is 1130. The first-order chi connectivity index (χ1) is 17.9. The first kappa shape index (κ1) is 24.8. The largest absolute Gasteiger partial charge is 0.454 e. The minimum atomic E-state index is -1.02. The summed E-state index contributed by atoms with van der Waals surface area (Å²) in [6.07, 6.45) is -0.0426. The fraction of sp³-hybridized carbons (Fsp3) is 0.542. The van der Waals surface area contributed by atoms with Gasteiger partial charge in [-0.2, -0.15) is 0 Å². The zero-order valence-electron chi connectivity index (χ0n) is 20.3. The maximum atomic E-state index is 13.6. The lowest BCUT2D eigenvalue weighted by Crippen LogP contribution is -2.64. The summed E-state index contributed by atoms with van der Waals surface area (Å²) in [4.78, 5) is 64.6. The van der Waals surface area contributed by atoms with Crippen LogP contribution >= 0.6 is 0 Å². The van der Waals surface area contributed by atoms with Crippen LogP contribution in [0.2, 0.25) is 0 Å². The number of hydrogen-bond acceptors (Lipinski definition) is 9. The lowest BCUT2D eigenvalue weighted by molar-refractivity contribution is -0.177. The standard InChI is InChI=1S/C24H28N4O9/c1-2-34-24-15(11-20(30)37-24)26-22(32)16-4-3-9-27-19(29)8-6-14(23(33)28(16)27)25-21(31)13-5-7-17-18(10-13)36-12-35-17/h5,7,10,14-16,24H,2-4,6,8-9,11-12H2,1H3,(H,25,31)(H,26,32). The summed E-state index contributed by atoms with van der Waals surface area (Å²) in [5, 5.41) is 7.91. The number of nitrogens with one attached hydrogen (secondary N) is 2. The Hall–Kier alpha value is -3.87. The smallest absolute Gasteiger partial charge is 0.310 e. The van der Waals surface area contributed by atoms with Gasteiger partial charge in [-0.3, -0.25) is 29.0 Å². The molecule has 198 valence electrons. The topological polar surface area (TPSA) is 153 Å². The fourth-order valence-corrected chi connectivity index (χ4v) is 4.93. The van der Waals surface area contributed by atoms with Crippen molar-refractivity contribution < 1.29 is 42.9 Å². The summed E-state index contributed by atoms with van der Waals surface area (Å²) in [5.41, 5.74) is 0.269. The highest BCUT2D eigenvalue weighted by Gasteiger charge is 2.46. The molecule has 1 aromatic carbocycles. The highest BCUT2D eigenvalue weighted by molar-refractivity contribution is 6.00. The SMILES string of the molecule is CCOC1OC(=O)CC1NC(=O)C1CCCN2C(=O)CCC(NC(=O)c3ccc4c(c3)OCO4)C(=O)N12. The van der Waals surface area contributed by atoms with Gasteiger partial charge in [0.05, 0.1) is 6.42 Å². The minimum Gasteiger partial charge on any atom is -0.454 e. The molecule has 0 aliphatic carbocycles. The summed E-state index contributed by atoms with van der Waals surface area (Å²) in [6, 6.07) is 1.95. The molecule has 13 nitrogen and oxygen atoms in total. The molecule has 37 heavy (non-hydrogen) atoms. The molecule has 1 aromatic rings. The second kappa shape index (κ2) is 10.2. The molecular weight excluding hydrogens is 488 g/mol. The lowest BCUT2D eigenvalue weighted by Gasteiger charge is -2.43. The van der Waals surface area contributed by atoms with Gasteiger partial charge in [-0.25, -0.2) is 5.01 Å². The second-order valence-electron chi connectivity index (χ2n) is 9.12. The molecule has 5 rings (SSSR count). The van der Waals surface area contributed by atoms with E-state index < -0.39 is 48.1 Å². The van der Waals surface area contributed by atoms with E-state index in [-0.39, 0.29) is 50.7 Å². The lowest BCUT2D eigenvalue weighted by atomic mass is 10.0. The van der Waals surface area contributed by atoms with Gasteiger partial charge in [0.25, 0.3) is 11.8 Å². The van der Waals surface area contributed by atoms with Gasteiger partial charge in [0.15, 0.2) is 11.5 Å². The number of hydrazine groups is 1. The van der Waals surface area contributed by atoms with Crippen molar-refractivity contribution in [2.75, 3.05) is 19.9 Å². The molecule has 4 atom stereocenters. The highest BCUT2D eigenvalue weighted by Crippen LogP contribution is 2.32. The number of rotatable bonds is 6. The number of cyclic esters (lactones) is 1. The van der Waals surface area contributed by atoms with Crippen molar-refractivity contribution >= 4 is 29.6 Å². The Kier molecular flexibility index (Phi) is 6.87. The molecule has 4 amide bonds. The Morgan fingerprint density at radius 1 is 1.11 bits per heavy atom. The number of nitrogens with zero attached hydrogens (tertiary/aromatic N) is 2. The molecule has 4 unspecified atom stereocenters. The average molecular weight is 517 g/mol. The summed E-state index contributed by atoms with van der Waals surface area (Å²) in [6.45, 7) is 2.36. The Balaban J connectivity index is 1.32. The summed E-state index contributed by atoms with van der Waals surface area (Å²) in [5.74, 6) is -1.46. The summed E-state index contributed by atoms with van der Waals surface area (Å²) in [7, 11) is 0. The van der Waals surface area contributed by atoms with Crippen LogP contribution in [0.4, 0.5) is 0 Å². The van der Waals surface area contributed by atoms with Gasteiger partial charge in [0.1, 0.15) is 18.1 Å². The normalized spacial score (nSPS) is 26.9. The van der Waals surface area contributed by atoms with Crippen LogP contribution in [0.15, 0.2) is 18.2 Å². The van der Waals surface area contributed by atoms with E-state index in [0.29, 0.717) is 24.3 Å². The number of esters is 1. The van der Waals surface area contributed by atoms with Crippen LogP contribution in [0.3, 0.4) is 0 Å². The molecule has 0 bridgehead atoms. The number of ether oxygens (including phenoxy) is 4. The van der Waals surface area contributed by atoms with Crippen molar-refractivity contribution in [2.45, 2.75) is 63.4 Å². The van der Waals surface area contributed by atoms with Gasteiger partial charge in [-0.15, -0.1) is 0 Å². The Labute approximate surface area is 212 Å². The van der Waals surface area contributed by atoms with Crippen LogP contribution < -0.4 is 20.1 Å². The minimum absolute atomic E-state index is 0.0278. The first-order valence-electron chi connectivity index (χ1n) is 12.3. The highest BCUT2D eigenvalue weighted by atomic mass is 16.7. The molecule has 0 aromatic heterocycles. The molecule has 0 radical (unpaired) electrons. The van der Waals surface area contributed by atoms with E-state index in [1.165, 1.54) is 11.1 Å². The van der Waals surface area contributed by atoms with Crippen molar-refractivity contribution in [3.05, 3.63) is 23.8 Å². The second-order valence-corrected chi connectivity index (χ2v) is 9.12. The molecule has 3 saturated heterocycles. The van der Waals surface area contributed by atoms with Gasteiger partial charge < -0.3 is 29.6 Å². The summed E-state index contributed by atoms with van der Waals surface area (Å²) >= 11 is 0. The van der Waals surface area contributed by atoms with E-state index in [1.807, 2.05) is 0 Å². The molecule has 4 aliphatic heterocycles. The Morgan fingerprint density at radius 2 is 1.92 bits per heavy atom. The number of carbonyl (C=O) groups excluding carboxylic acids is 5. The molecule has 3 fully saturated rings. The van der Waals surface area contributed by atoms with Crippen molar-refractivity contribution in [3.8, 4) is 11.5 Å². The van der Waals surface area contributed by atoms with E-state index in [1.54, 1.807) is 19.1 Å². The van der Waals surface area contributed by atoms with E-state index in [0.717, 1.165) is 5.01 Å². The van der Waals surface area contributed by atoms with Gasteiger partial charge in [0, 0.05) is 25.1 Å². The number of amides is 4. The van der Waals surface area contributed by atoms with Gasteiger partial charge in [0.2, 0.25) is 24.9 Å². The third-order valence-corrected chi connectivity index (χ3v) is 6.73. The first-order valence-corrected chi connectivity index (χ1v) is 12.3. The van der Waals surface area contributed by atoms with Gasteiger partial charge >= 0.3 is 5.97 Å². The molecule has 2 N–H and O–H groups in total. The van der Waals surface area contributed by atoms with Gasteiger partial charge in [-0.05, 0) is 44.4 Å². The monoisotopic (exact) mass is 516 g/mol. The number of hydrogen-bond donors (Lipinski definition) is 2. The number of carbonyl (C=O) groups is 5. The average Bonchev–Trinajstić information content (AvgIpc) is 3.47. The van der Waals surface area contributed by atoms with Crippen molar-refractivity contribution in [1.82, 2.24) is 20.7 Å². The zero-order chi connectivity index (χ0) is 26.1. The van der Waals surface area contributed by atoms with Gasteiger partial charge in [-0.1, -0.05) is 0 Å². The van der Waals surface area contributed by atoms with Crippen LogP contribution in [-0.2, 0) is 28.7 Å². The summed E-state index contributed by atoms with van der Waals surface area (Å²) < 4.78 is 21.1. The molecule has 0 saturated carbocycles. The van der Waals surface area contributed by atoms with Crippen LogP contribution in [0.25, 0.3) is 0 Å². The van der Waals surface area contributed by atoms with Crippen molar-refractivity contribution in [3.63, 3.8) is 0 Å². The predicted octanol–water partition coefficient (Wildman–Crippen LogP) is -0.164. The molecule has 13 heteroatoms. The van der Waals surface area contributed by atoms with Crippen LogP contribution in [0.5, 0.6) is 11.5 Å². The number of fused-ring (bicyclic) bond motifs is 2. The molecule has 4 aliphatic rings. The third-order valence-electron chi connectivity index (χ3n) is 6.73. The fourth-order valence-electron chi connectivity index (χ4n) is 4.93. The van der Waals surface area contributed by atoms with E-state index in [4.69, 9.17) is 18.9 Å².